The largest absolute Gasteiger partial charge is 0.508 e. The SMILES string of the molecule is CC(C)(C)NCCNCc1ccccc1O. The fourth-order valence-electron chi connectivity index (χ4n) is 1.41. The van der Waals surface area contributed by atoms with Crippen LogP contribution in [0.4, 0.5) is 0 Å². The maximum atomic E-state index is 9.54. The molecule has 0 aliphatic rings. The standard InChI is InChI=1S/C13H22N2O/c1-13(2,3)15-9-8-14-10-11-6-4-5-7-12(11)16/h4-7,14-16H,8-10H2,1-3H3. The van der Waals surface area contributed by atoms with E-state index in [1.54, 1.807) is 6.07 Å². The Morgan fingerprint density at radius 2 is 1.81 bits per heavy atom. The molecule has 0 atom stereocenters. The Hall–Kier alpha value is -1.06. The van der Waals surface area contributed by atoms with Gasteiger partial charge in [-0.15, -0.1) is 0 Å². The van der Waals surface area contributed by atoms with Crippen molar-refractivity contribution in [1.29, 1.82) is 0 Å². The monoisotopic (exact) mass is 222 g/mol. The van der Waals surface area contributed by atoms with Gasteiger partial charge in [0.25, 0.3) is 0 Å². The molecule has 3 heteroatoms. The van der Waals surface area contributed by atoms with Crippen LogP contribution in [0.5, 0.6) is 5.75 Å². The van der Waals surface area contributed by atoms with Crippen LogP contribution in [-0.2, 0) is 6.54 Å². The van der Waals surface area contributed by atoms with Gasteiger partial charge < -0.3 is 15.7 Å². The highest BCUT2D eigenvalue weighted by molar-refractivity contribution is 5.31. The minimum atomic E-state index is 0.163. The maximum absolute atomic E-state index is 9.54. The van der Waals surface area contributed by atoms with E-state index in [9.17, 15) is 5.11 Å². The zero-order valence-electron chi connectivity index (χ0n) is 10.4. The van der Waals surface area contributed by atoms with Gasteiger partial charge in [0.05, 0.1) is 0 Å². The summed E-state index contributed by atoms with van der Waals surface area (Å²) in [6.45, 7) is 8.98. The van der Waals surface area contributed by atoms with E-state index in [1.807, 2.05) is 18.2 Å². The molecule has 0 unspecified atom stereocenters. The summed E-state index contributed by atoms with van der Waals surface area (Å²) in [7, 11) is 0. The quantitative estimate of drug-likeness (QED) is 0.666. The summed E-state index contributed by atoms with van der Waals surface area (Å²) in [4.78, 5) is 0. The van der Waals surface area contributed by atoms with Gasteiger partial charge in [-0.3, -0.25) is 0 Å². The van der Waals surface area contributed by atoms with E-state index in [4.69, 9.17) is 0 Å². The van der Waals surface area contributed by atoms with Gasteiger partial charge in [-0.25, -0.2) is 0 Å². The summed E-state index contributed by atoms with van der Waals surface area (Å²) < 4.78 is 0. The highest BCUT2D eigenvalue weighted by atomic mass is 16.3. The number of aromatic hydroxyl groups is 1. The Morgan fingerprint density at radius 3 is 2.44 bits per heavy atom. The molecule has 0 aliphatic heterocycles. The third-order valence-corrected chi connectivity index (χ3v) is 2.26. The lowest BCUT2D eigenvalue weighted by molar-refractivity contribution is 0.419. The average Bonchev–Trinajstić information content (AvgIpc) is 2.18. The fraction of sp³-hybridized carbons (Fsp3) is 0.538. The van der Waals surface area contributed by atoms with Crippen LogP contribution in [0.15, 0.2) is 24.3 Å². The van der Waals surface area contributed by atoms with Crippen molar-refractivity contribution in [3.05, 3.63) is 29.8 Å². The molecule has 3 N–H and O–H groups in total. The summed E-state index contributed by atoms with van der Waals surface area (Å²) in [6.07, 6.45) is 0. The third kappa shape index (κ3) is 5.14. The molecule has 0 bridgehead atoms. The van der Waals surface area contributed by atoms with Crippen molar-refractivity contribution < 1.29 is 5.11 Å². The number of rotatable bonds is 5. The van der Waals surface area contributed by atoms with E-state index in [-0.39, 0.29) is 5.54 Å². The van der Waals surface area contributed by atoms with E-state index in [0.29, 0.717) is 12.3 Å². The normalized spacial score (nSPS) is 11.7. The van der Waals surface area contributed by atoms with Crippen LogP contribution in [0.3, 0.4) is 0 Å². The molecule has 90 valence electrons. The maximum Gasteiger partial charge on any atom is 0.120 e. The van der Waals surface area contributed by atoms with Crippen molar-refractivity contribution >= 4 is 0 Å². The van der Waals surface area contributed by atoms with Crippen molar-refractivity contribution in [2.24, 2.45) is 0 Å². The lowest BCUT2D eigenvalue weighted by Crippen LogP contribution is -2.40. The van der Waals surface area contributed by atoms with Crippen LogP contribution in [0.25, 0.3) is 0 Å². The predicted octanol–water partition coefficient (Wildman–Crippen LogP) is 1.87. The summed E-state index contributed by atoms with van der Waals surface area (Å²) in [5, 5.41) is 16.2. The molecule has 1 rings (SSSR count). The zero-order chi connectivity index (χ0) is 12.0. The fourth-order valence-corrected chi connectivity index (χ4v) is 1.41. The second-order valence-corrected chi connectivity index (χ2v) is 4.98. The first-order valence-electron chi connectivity index (χ1n) is 5.72. The van der Waals surface area contributed by atoms with Gasteiger partial charge >= 0.3 is 0 Å². The summed E-state index contributed by atoms with van der Waals surface area (Å²) in [6, 6.07) is 7.41. The number of phenols is 1. The molecule has 0 aromatic heterocycles. The lowest BCUT2D eigenvalue weighted by Gasteiger charge is -2.20. The molecule has 0 heterocycles. The summed E-state index contributed by atoms with van der Waals surface area (Å²) in [5.74, 6) is 0.360. The molecule has 0 spiro atoms. The molecular formula is C13H22N2O. The van der Waals surface area contributed by atoms with Gasteiger partial charge in [0.2, 0.25) is 0 Å². The number of nitrogens with one attached hydrogen (secondary N) is 2. The van der Waals surface area contributed by atoms with E-state index in [2.05, 4.69) is 31.4 Å². The van der Waals surface area contributed by atoms with Crippen molar-refractivity contribution in [1.82, 2.24) is 10.6 Å². The topological polar surface area (TPSA) is 44.3 Å². The summed E-state index contributed by atoms with van der Waals surface area (Å²) >= 11 is 0. The van der Waals surface area contributed by atoms with Crippen LogP contribution in [0, 0.1) is 0 Å². The molecule has 16 heavy (non-hydrogen) atoms. The van der Waals surface area contributed by atoms with Crippen LogP contribution in [-0.4, -0.2) is 23.7 Å². The van der Waals surface area contributed by atoms with Gasteiger partial charge in [-0.1, -0.05) is 18.2 Å². The van der Waals surface area contributed by atoms with E-state index in [1.165, 1.54) is 0 Å². The molecule has 1 aromatic carbocycles. The Kier molecular flexibility index (Phi) is 4.77. The van der Waals surface area contributed by atoms with Gasteiger partial charge in [0.1, 0.15) is 5.75 Å². The van der Waals surface area contributed by atoms with Gasteiger partial charge in [0, 0.05) is 30.7 Å². The van der Waals surface area contributed by atoms with Crippen molar-refractivity contribution in [2.45, 2.75) is 32.9 Å². The second kappa shape index (κ2) is 5.87. The Labute approximate surface area is 97.9 Å². The number of para-hydroxylation sites is 1. The Balaban J connectivity index is 2.19. The first-order chi connectivity index (χ1) is 7.49. The van der Waals surface area contributed by atoms with E-state index in [0.717, 1.165) is 18.7 Å². The van der Waals surface area contributed by atoms with Crippen LogP contribution >= 0.6 is 0 Å². The molecule has 1 aromatic rings. The molecule has 0 amide bonds. The smallest absolute Gasteiger partial charge is 0.120 e. The number of hydrogen-bond donors (Lipinski definition) is 3. The minimum absolute atomic E-state index is 0.163. The highest BCUT2D eigenvalue weighted by Gasteiger charge is 2.06. The number of phenolic OH excluding ortho intramolecular Hbond substituents is 1. The Morgan fingerprint density at radius 1 is 1.12 bits per heavy atom. The van der Waals surface area contributed by atoms with Crippen molar-refractivity contribution in [2.75, 3.05) is 13.1 Å². The van der Waals surface area contributed by atoms with Gasteiger partial charge in [-0.05, 0) is 26.8 Å². The van der Waals surface area contributed by atoms with Crippen molar-refractivity contribution in [3.8, 4) is 5.75 Å². The molecule has 0 saturated carbocycles. The molecule has 0 fully saturated rings. The molecule has 3 nitrogen and oxygen atoms in total. The molecular weight excluding hydrogens is 200 g/mol. The van der Waals surface area contributed by atoms with E-state index < -0.39 is 0 Å². The first-order valence-corrected chi connectivity index (χ1v) is 5.72. The first kappa shape index (κ1) is 13.0. The second-order valence-electron chi connectivity index (χ2n) is 4.98. The number of benzene rings is 1. The van der Waals surface area contributed by atoms with Crippen molar-refractivity contribution in [3.63, 3.8) is 0 Å². The van der Waals surface area contributed by atoms with Gasteiger partial charge in [-0.2, -0.15) is 0 Å². The highest BCUT2D eigenvalue weighted by Crippen LogP contribution is 2.14. The molecule has 0 saturated heterocycles. The molecule has 0 radical (unpaired) electrons. The minimum Gasteiger partial charge on any atom is -0.508 e. The lowest BCUT2D eigenvalue weighted by atomic mass is 10.1. The van der Waals surface area contributed by atoms with E-state index >= 15 is 0 Å². The molecule has 0 aliphatic carbocycles. The Bertz CT molecular complexity index is 318. The van der Waals surface area contributed by atoms with Gasteiger partial charge in [0.15, 0.2) is 0 Å². The summed E-state index contributed by atoms with van der Waals surface area (Å²) in [5.41, 5.74) is 1.11. The average molecular weight is 222 g/mol. The van der Waals surface area contributed by atoms with Crippen LogP contribution in [0.2, 0.25) is 0 Å². The van der Waals surface area contributed by atoms with Crippen LogP contribution in [0.1, 0.15) is 26.3 Å². The predicted molar refractivity (Wildman–Crippen MR) is 67.6 cm³/mol. The third-order valence-electron chi connectivity index (χ3n) is 2.26. The zero-order valence-corrected chi connectivity index (χ0v) is 10.4. The number of hydrogen-bond acceptors (Lipinski definition) is 3. The van der Waals surface area contributed by atoms with Crippen LogP contribution < -0.4 is 10.6 Å².